The number of halogens is 13. The van der Waals surface area contributed by atoms with Gasteiger partial charge in [-0.05, 0) is 98.3 Å². The fourth-order valence-electron chi connectivity index (χ4n) is 11.9. The zero-order chi connectivity index (χ0) is 61.6. The molecule has 22 heteroatoms. The summed E-state index contributed by atoms with van der Waals surface area (Å²) in [4.78, 5) is 0. The van der Waals surface area contributed by atoms with Crippen molar-refractivity contribution in [3.63, 3.8) is 0 Å². The lowest BCUT2D eigenvalue weighted by molar-refractivity contribution is -0.439. The van der Waals surface area contributed by atoms with Crippen molar-refractivity contribution >= 4 is 35.7 Å². The van der Waals surface area contributed by atoms with Gasteiger partial charge in [0.25, 0.3) is 0 Å². The van der Waals surface area contributed by atoms with Crippen molar-refractivity contribution in [3.8, 4) is 11.5 Å². The van der Waals surface area contributed by atoms with Gasteiger partial charge in [0, 0.05) is 25.5 Å². The summed E-state index contributed by atoms with van der Waals surface area (Å²) in [5.41, 5.74) is 3.58. The topological polar surface area (TPSA) is 52.8 Å². The highest BCUT2D eigenvalue weighted by molar-refractivity contribution is 6.86. The fourth-order valence-corrected chi connectivity index (χ4v) is 26.0. The first-order chi connectivity index (χ1) is 38.9. The highest BCUT2D eigenvalue weighted by Gasteiger charge is 2.90. The second-order valence-electron chi connectivity index (χ2n) is 25.1. The predicted molar refractivity (Wildman–Crippen MR) is 318 cm³/mol. The Morgan fingerprint density at radius 1 is 0.506 bits per heavy atom. The third kappa shape index (κ3) is 23.4. The molecule has 2 saturated heterocycles. The van der Waals surface area contributed by atoms with Gasteiger partial charge in [-0.15, -0.1) is 0 Å². The van der Waals surface area contributed by atoms with E-state index in [1.165, 1.54) is 50.5 Å². The molecule has 480 valence electrons. The van der Waals surface area contributed by atoms with Crippen LogP contribution >= 0.6 is 0 Å². The summed E-state index contributed by atoms with van der Waals surface area (Å²) in [5, 5.41) is 0. The number of alkyl halides is 13. The molecule has 0 saturated carbocycles. The lowest BCUT2D eigenvalue weighted by atomic mass is 9.93. The van der Waals surface area contributed by atoms with Crippen molar-refractivity contribution in [1.82, 2.24) is 0 Å². The molecule has 0 amide bonds. The fraction of sp³-hybridized carbons (Fsp3) is 0.803. The van der Waals surface area contributed by atoms with Gasteiger partial charge in [0.1, 0.15) is 36.9 Å². The summed E-state index contributed by atoms with van der Waals surface area (Å²) in [5.74, 6) is -34.9. The molecule has 2 aromatic rings. The Labute approximate surface area is 494 Å². The third-order valence-electron chi connectivity index (χ3n) is 17.4. The van der Waals surface area contributed by atoms with Crippen molar-refractivity contribution in [2.75, 3.05) is 26.4 Å². The molecule has 2 fully saturated rings. The minimum atomic E-state index is -7.88. The van der Waals surface area contributed by atoms with Gasteiger partial charge in [0.15, 0.2) is 16.6 Å². The summed E-state index contributed by atoms with van der Waals surface area (Å²) in [6, 6.07) is 15.5. The van der Waals surface area contributed by atoms with Crippen LogP contribution in [-0.4, -0.2) is 110 Å². The molecule has 0 spiro atoms. The Bertz CT molecular complexity index is 2130. The first kappa shape index (κ1) is 73.3. The molecule has 2 aliphatic rings. The van der Waals surface area contributed by atoms with Crippen molar-refractivity contribution in [2.24, 2.45) is 0 Å². The van der Waals surface area contributed by atoms with Gasteiger partial charge < -0.3 is 23.1 Å². The molecule has 0 bridgehead atoms. The number of epoxide rings is 2. The van der Waals surface area contributed by atoms with Crippen LogP contribution in [0.2, 0.25) is 60.9 Å². The summed E-state index contributed by atoms with van der Waals surface area (Å²) in [7, 11) is -6.85. The highest BCUT2D eigenvalue weighted by atomic mass is 28.4. The average molecular weight is 1270 g/mol. The normalized spacial score (nSPS) is 18.3. The van der Waals surface area contributed by atoms with Crippen LogP contribution in [0.3, 0.4) is 0 Å². The molecular weight excluding hydrogens is 1170 g/mol. The monoisotopic (exact) mass is 1270 g/mol. The quantitative estimate of drug-likeness (QED) is 0.0286. The van der Waals surface area contributed by atoms with E-state index >= 15 is 8.78 Å². The first-order valence-corrected chi connectivity index (χ1v) is 41.3. The summed E-state index contributed by atoms with van der Waals surface area (Å²) >= 11 is 0. The van der Waals surface area contributed by atoms with E-state index in [2.05, 4.69) is 64.8 Å². The Balaban J connectivity index is 1.31. The number of rotatable bonds is 47. The van der Waals surface area contributed by atoms with Gasteiger partial charge in [-0.1, -0.05) is 190 Å². The number of ether oxygens (including phenoxy) is 4. The summed E-state index contributed by atoms with van der Waals surface area (Å²) in [6.07, 6.45) is 14.3. The smallest absolute Gasteiger partial charge is 0.460 e. The van der Waals surface area contributed by atoms with Gasteiger partial charge in [0.2, 0.25) is 0 Å². The number of aryl methyl sites for hydroxylation is 2. The zero-order valence-corrected chi connectivity index (χ0v) is 55.5. The molecule has 0 aliphatic carbocycles. The predicted octanol–water partition coefficient (Wildman–Crippen LogP) is 19.3. The minimum Gasteiger partial charge on any atom is -0.491 e. The SMILES string of the molecule is CCCC(CCC(CCCCCCCCc1cccc(OCC2CO2)c1)[SiH2]C)[Si](C)(C)O[Si](C)(C)C(CCC)CCC(CCCCCCCCc1cccc(OCC2CO2)c1)[SiH2]CCC(F)(F)C(F)(F)C(F)(F)C(F)(F)C(F)(F)C(F)(F)F. The molecule has 2 aromatic carbocycles. The number of benzene rings is 2. The second-order valence-corrected chi connectivity index (χ2v) is 38.4. The van der Waals surface area contributed by atoms with Crippen molar-refractivity contribution in [2.45, 2.75) is 283 Å². The molecule has 0 aromatic heterocycles. The van der Waals surface area contributed by atoms with E-state index in [1.54, 1.807) is 0 Å². The Hall–Kier alpha value is -2.12. The van der Waals surface area contributed by atoms with Crippen LogP contribution in [0.15, 0.2) is 48.5 Å². The lowest BCUT2D eigenvalue weighted by Gasteiger charge is -2.43. The van der Waals surface area contributed by atoms with Gasteiger partial charge >= 0.3 is 35.8 Å². The molecule has 83 heavy (non-hydrogen) atoms. The maximum Gasteiger partial charge on any atom is 0.460 e. The van der Waals surface area contributed by atoms with Crippen molar-refractivity contribution < 1.29 is 80.1 Å². The highest BCUT2D eigenvalue weighted by Crippen LogP contribution is 2.61. The van der Waals surface area contributed by atoms with Gasteiger partial charge in [-0.2, -0.15) is 57.1 Å². The number of unbranched alkanes of at least 4 members (excludes halogenated alkanes) is 10. The minimum absolute atomic E-state index is 0.146. The lowest BCUT2D eigenvalue weighted by Crippen LogP contribution is -2.70. The van der Waals surface area contributed by atoms with E-state index in [0.29, 0.717) is 51.0 Å². The molecule has 6 unspecified atom stereocenters. The van der Waals surface area contributed by atoms with Gasteiger partial charge in [-0.25, -0.2) is 0 Å². The van der Waals surface area contributed by atoms with E-state index in [-0.39, 0.29) is 32.8 Å². The van der Waals surface area contributed by atoms with Crippen molar-refractivity contribution in [1.29, 1.82) is 0 Å². The van der Waals surface area contributed by atoms with Gasteiger partial charge in [0.05, 0.1) is 13.2 Å². The molecular formula is C61H99F13O5Si4. The van der Waals surface area contributed by atoms with E-state index in [9.17, 15) is 48.3 Å². The van der Waals surface area contributed by atoms with E-state index in [1.807, 2.05) is 30.3 Å². The molecule has 0 radical (unpaired) electrons. The molecule has 5 nitrogen and oxygen atoms in total. The van der Waals surface area contributed by atoms with Gasteiger partial charge in [-0.3, -0.25) is 0 Å². The van der Waals surface area contributed by atoms with Crippen LogP contribution in [-0.2, 0) is 26.4 Å². The summed E-state index contributed by atoms with van der Waals surface area (Å²) in [6.45, 7) is 18.4. The second kappa shape index (κ2) is 34.0. The van der Waals surface area contributed by atoms with Crippen LogP contribution in [0.25, 0.3) is 0 Å². The first-order valence-electron chi connectivity index (χ1n) is 31.3. The molecule has 4 rings (SSSR count). The van der Waals surface area contributed by atoms with E-state index in [0.717, 1.165) is 113 Å². The average Bonchev–Trinajstić information content (AvgIpc) is 1.80. The van der Waals surface area contributed by atoms with Crippen molar-refractivity contribution in [3.05, 3.63) is 59.7 Å². The Morgan fingerprint density at radius 3 is 1.31 bits per heavy atom. The molecule has 6 atom stereocenters. The van der Waals surface area contributed by atoms with E-state index < -0.39 is 74.4 Å². The third-order valence-corrected chi connectivity index (χ3v) is 31.1. The molecule has 2 heterocycles. The summed E-state index contributed by atoms with van der Waals surface area (Å²) < 4.78 is 212. The number of hydrogen-bond acceptors (Lipinski definition) is 5. The molecule has 2 aliphatic heterocycles. The Kier molecular flexibility index (Phi) is 30.1. The van der Waals surface area contributed by atoms with Crippen LogP contribution in [0, 0.1) is 0 Å². The molecule has 0 N–H and O–H groups in total. The maximum absolute atomic E-state index is 15.1. The number of hydrogen-bond donors (Lipinski definition) is 0. The largest absolute Gasteiger partial charge is 0.491 e. The standard InChI is InChI=1S/C61H99F13O5Si4/c1-8-24-54(36-34-52(80-3)32-20-16-12-10-14-18-26-46-28-22-30-48(40-46)75-42-50-44-77-50)82(4,5)79-83(6,7)55(25-9-2)37-35-53(33-21-17-13-11-15-19-27-47-29-23-31-49(41-47)76-43-51-45-78-51)81-39-38-56(62,63)57(64,65)58(66,67)59(68,69)60(70,71)61(72,73)74/h22-23,28-31,40-41,50-55H,8-21,24-27,32-39,42-45,80-81H2,1-7H3. The Morgan fingerprint density at radius 2 is 0.904 bits per heavy atom. The van der Waals surface area contributed by atoms with Crippen LogP contribution in [0.4, 0.5) is 57.1 Å². The van der Waals surface area contributed by atoms with Crippen LogP contribution in [0.1, 0.15) is 173 Å². The van der Waals surface area contributed by atoms with Crippen LogP contribution in [0.5, 0.6) is 11.5 Å². The maximum atomic E-state index is 15.1. The van der Waals surface area contributed by atoms with Crippen LogP contribution < -0.4 is 9.47 Å². The zero-order valence-electron chi connectivity index (χ0n) is 50.7. The van der Waals surface area contributed by atoms with E-state index in [4.69, 9.17) is 23.1 Å².